The zero-order chi connectivity index (χ0) is 13.7. The van der Waals surface area contributed by atoms with Crippen molar-refractivity contribution >= 4 is 5.78 Å². The van der Waals surface area contributed by atoms with Crippen LogP contribution in [0.3, 0.4) is 0 Å². The Morgan fingerprint density at radius 1 is 1.47 bits per heavy atom. The van der Waals surface area contributed by atoms with Crippen molar-refractivity contribution in [2.75, 3.05) is 13.2 Å². The van der Waals surface area contributed by atoms with Gasteiger partial charge < -0.3 is 15.0 Å². The van der Waals surface area contributed by atoms with Crippen molar-refractivity contribution in [3.63, 3.8) is 0 Å². The molecule has 0 aliphatic heterocycles. The van der Waals surface area contributed by atoms with Crippen molar-refractivity contribution < 1.29 is 9.53 Å². The lowest BCUT2D eigenvalue weighted by Crippen LogP contribution is -2.08. The zero-order valence-electron chi connectivity index (χ0n) is 10.7. The minimum atomic E-state index is -0.176. The first-order valence-electron chi connectivity index (χ1n) is 6.09. The number of ketones is 1. The molecule has 2 heterocycles. The number of rotatable bonds is 6. The zero-order valence-corrected chi connectivity index (χ0v) is 10.7. The molecule has 0 bridgehead atoms. The normalized spacial score (nSPS) is 10.4. The molecule has 0 unspecified atom stereocenters. The maximum absolute atomic E-state index is 12.2. The Hall–Kier alpha value is -2.21. The van der Waals surface area contributed by atoms with Crippen LogP contribution in [0, 0.1) is 0 Å². The van der Waals surface area contributed by atoms with E-state index in [1.807, 2.05) is 6.92 Å². The van der Waals surface area contributed by atoms with E-state index >= 15 is 0 Å². The molecule has 0 aromatic carbocycles. The molecule has 0 fully saturated rings. The fourth-order valence-corrected chi connectivity index (χ4v) is 1.69. The van der Waals surface area contributed by atoms with Crippen LogP contribution in [0.5, 0.6) is 5.75 Å². The van der Waals surface area contributed by atoms with Gasteiger partial charge in [0.15, 0.2) is 0 Å². The molecule has 0 radical (unpaired) electrons. The lowest BCUT2D eigenvalue weighted by molar-refractivity contribution is 0.103. The number of carbonyl (C=O) groups excluding carboxylic acids is 1. The van der Waals surface area contributed by atoms with Gasteiger partial charge in [0.1, 0.15) is 11.4 Å². The molecule has 19 heavy (non-hydrogen) atoms. The number of carbonyl (C=O) groups is 1. The maximum atomic E-state index is 12.2. The summed E-state index contributed by atoms with van der Waals surface area (Å²) in [5, 5.41) is 0. The Balaban J connectivity index is 2.20. The molecule has 0 saturated carbocycles. The second-order valence-corrected chi connectivity index (χ2v) is 3.96. The third-order valence-electron chi connectivity index (χ3n) is 2.54. The van der Waals surface area contributed by atoms with Crippen molar-refractivity contribution in [2.24, 2.45) is 5.73 Å². The fraction of sp³-hybridized carbons (Fsp3) is 0.308. The van der Waals surface area contributed by atoms with Gasteiger partial charge in [-0.1, -0.05) is 0 Å². The van der Waals surface area contributed by atoms with Crippen molar-refractivity contribution in [1.82, 2.24) is 14.5 Å². The Kier molecular flexibility index (Phi) is 4.25. The molecule has 6 nitrogen and oxygen atoms in total. The smallest absolute Gasteiger partial charge is 0.214 e. The quantitative estimate of drug-likeness (QED) is 0.779. The van der Waals surface area contributed by atoms with Crippen LogP contribution >= 0.6 is 0 Å². The highest BCUT2D eigenvalue weighted by Crippen LogP contribution is 2.14. The number of ether oxygens (including phenoxy) is 1. The lowest BCUT2D eigenvalue weighted by atomic mass is 10.1. The van der Waals surface area contributed by atoms with Crippen LogP contribution in [0.25, 0.3) is 0 Å². The number of aromatic nitrogens is 3. The summed E-state index contributed by atoms with van der Waals surface area (Å²) in [4.78, 5) is 20.3. The van der Waals surface area contributed by atoms with Gasteiger partial charge in [-0.25, -0.2) is 4.98 Å². The summed E-state index contributed by atoms with van der Waals surface area (Å²) < 4.78 is 7.10. The second-order valence-electron chi connectivity index (χ2n) is 3.96. The molecule has 0 spiro atoms. The van der Waals surface area contributed by atoms with Crippen LogP contribution in [0.15, 0.2) is 31.0 Å². The highest BCUT2D eigenvalue weighted by atomic mass is 16.5. The van der Waals surface area contributed by atoms with E-state index in [2.05, 4.69) is 9.97 Å². The molecule has 0 aliphatic rings. The topological polar surface area (TPSA) is 83.0 Å². The molecule has 2 aromatic rings. The minimum Gasteiger partial charge on any atom is -0.492 e. The van der Waals surface area contributed by atoms with Crippen molar-refractivity contribution in [1.29, 1.82) is 0 Å². The van der Waals surface area contributed by atoms with Crippen LogP contribution in [0.1, 0.15) is 23.0 Å². The van der Waals surface area contributed by atoms with Gasteiger partial charge in [0.25, 0.3) is 0 Å². The molecule has 6 heteroatoms. The molecule has 100 valence electrons. The van der Waals surface area contributed by atoms with Crippen LogP contribution in [0.4, 0.5) is 0 Å². The van der Waals surface area contributed by atoms with Gasteiger partial charge in [-0.05, 0) is 13.0 Å². The summed E-state index contributed by atoms with van der Waals surface area (Å²) in [6.45, 7) is 3.55. The highest BCUT2D eigenvalue weighted by Gasteiger charge is 2.13. The summed E-state index contributed by atoms with van der Waals surface area (Å²) in [5.74, 6) is 0.402. The second kappa shape index (κ2) is 6.10. The van der Waals surface area contributed by atoms with Crippen molar-refractivity contribution in [3.05, 3.63) is 42.2 Å². The maximum Gasteiger partial charge on any atom is 0.214 e. The standard InChI is InChI=1S/C13H16N4O2/c1-2-19-11-5-10(6-15-7-11)13(18)12-8-17(4-3-14)9-16-12/h5-9H,2-4,14H2,1H3. The van der Waals surface area contributed by atoms with E-state index < -0.39 is 0 Å². The Labute approximate surface area is 111 Å². The number of pyridine rings is 1. The van der Waals surface area contributed by atoms with E-state index in [9.17, 15) is 4.79 Å². The Bertz CT molecular complexity index is 565. The molecule has 0 atom stereocenters. The van der Waals surface area contributed by atoms with E-state index in [0.717, 1.165) is 0 Å². The average molecular weight is 260 g/mol. The number of nitrogens with two attached hydrogens (primary N) is 1. The molecule has 0 aliphatic carbocycles. The summed E-state index contributed by atoms with van der Waals surface area (Å²) in [6, 6.07) is 1.67. The average Bonchev–Trinajstić information content (AvgIpc) is 2.88. The first-order chi connectivity index (χ1) is 9.24. The predicted molar refractivity (Wildman–Crippen MR) is 70.1 cm³/mol. The first kappa shape index (κ1) is 13.2. The van der Waals surface area contributed by atoms with E-state index in [4.69, 9.17) is 10.5 Å². The van der Waals surface area contributed by atoms with Gasteiger partial charge in [0, 0.05) is 31.0 Å². The highest BCUT2D eigenvalue weighted by molar-refractivity contribution is 6.07. The number of hydrogen-bond donors (Lipinski definition) is 1. The van der Waals surface area contributed by atoms with Crippen molar-refractivity contribution in [2.45, 2.75) is 13.5 Å². The van der Waals surface area contributed by atoms with Gasteiger partial charge in [-0.15, -0.1) is 0 Å². The van der Waals surface area contributed by atoms with Gasteiger partial charge in [-0.2, -0.15) is 0 Å². The van der Waals surface area contributed by atoms with Gasteiger partial charge >= 0.3 is 0 Å². The van der Waals surface area contributed by atoms with Crippen LogP contribution in [0.2, 0.25) is 0 Å². The minimum absolute atomic E-state index is 0.176. The van der Waals surface area contributed by atoms with Crippen LogP contribution in [-0.4, -0.2) is 33.5 Å². The summed E-state index contributed by atoms with van der Waals surface area (Å²) >= 11 is 0. The number of hydrogen-bond acceptors (Lipinski definition) is 5. The largest absolute Gasteiger partial charge is 0.492 e. The molecular formula is C13H16N4O2. The third-order valence-corrected chi connectivity index (χ3v) is 2.54. The monoisotopic (exact) mass is 260 g/mol. The molecule has 2 rings (SSSR count). The van der Waals surface area contributed by atoms with Crippen LogP contribution < -0.4 is 10.5 Å². The van der Waals surface area contributed by atoms with E-state index in [0.29, 0.717) is 36.7 Å². The predicted octanol–water partition coefficient (Wildman–Crippen LogP) is 0.866. The van der Waals surface area contributed by atoms with E-state index in [-0.39, 0.29) is 5.78 Å². The van der Waals surface area contributed by atoms with Gasteiger partial charge in [0.2, 0.25) is 5.78 Å². The SMILES string of the molecule is CCOc1cncc(C(=O)c2cn(CCN)cn2)c1. The van der Waals surface area contributed by atoms with Gasteiger partial charge in [0.05, 0.1) is 19.1 Å². The summed E-state index contributed by atoms with van der Waals surface area (Å²) in [7, 11) is 0. The molecule has 2 N–H and O–H groups in total. The lowest BCUT2D eigenvalue weighted by Gasteiger charge is -2.03. The van der Waals surface area contributed by atoms with Crippen LogP contribution in [-0.2, 0) is 6.54 Å². The fourth-order valence-electron chi connectivity index (χ4n) is 1.69. The van der Waals surface area contributed by atoms with E-state index in [1.54, 1.807) is 29.4 Å². The Morgan fingerprint density at radius 3 is 3.05 bits per heavy atom. The molecular weight excluding hydrogens is 244 g/mol. The molecule has 0 amide bonds. The third kappa shape index (κ3) is 3.17. The summed E-state index contributed by atoms with van der Waals surface area (Å²) in [6.07, 6.45) is 6.36. The summed E-state index contributed by atoms with van der Waals surface area (Å²) in [5.41, 5.74) is 6.29. The Morgan fingerprint density at radius 2 is 2.32 bits per heavy atom. The number of imidazole rings is 1. The molecule has 0 saturated heterocycles. The van der Waals surface area contributed by atoms with Crippen molar-refractivity contribution in [3.8, 4) is 5.75 Å². The first-order valence-corrected chi connectivity index (χ1v) is 6.09. The van der Waals surface area contributed by atoms with E-state index in [1.165, 1.54) is 6.20 Å². The molecule has 2 aromatic heterocycles. The van der Waals surface area contributed by atoms with Gasteiger partial charge in [-0.3, -0.25) is 9.78 Å². The number of nitrogens with zero attached hydrogens (tertiary/aromatic N) is 3.